The zero-order valence-corrected chi connectivity index (χ0v) is 21.9. The summed E-state index contributed by atoms with van der Waals surface area (Å²) in [5.41, 5.74) is 2.92. The number of anilines is 2. The van der Waals surface area contributed by atoms with Gasteiger partial charge in [-0.1, -0.05) is 65.1 Å². The molecule has 6 rings (SSSR count). The molecule has 0 bridgehead atoms. The molecule has 0 spiro atoms. The van der Waals surface area contributed by atoms with Crippen LogP contribution in [0.4, 0.5) is 11.4 Å². The van der Waals surface area contributed by atoms with Crippen LogP contribution in [0.5, 0.6) is 0 Å². The van der Waals surface area contributed by atoms with Crippen LogP contribution < -0.4 is 15.1 Å². The first-order chi connectivity index (χ1) is 18.4. The number of carbonyl (C=O) groups is 3. The van der Waals surface area contributed by atoms with Crippen molar-refractivity contribution < 1.29 is 14.4 Å². The average Bonchev–Trinajstić information content (AvgIpc) is 3.36. The van der Waals surface area contributed by atoms with Gasteiger partial charge in [0.15, 0.2) is 0 Å². The molecule has 38 heavy (non-hydrogen) atoms. The number of fused-ring (bicyclic) bond motifs is 2. The Balaban J connectivity index is 1.41. The highest BCUT2D eigenvalue weighted by molar-refractivity contribution is 8.00. The van der Waals surface area contributed by atoms with E-state index in [0.29, 0.717) is 21.3 Å². The van der Waals surface area contributed by atoms with Crippen LogP contribution in [0.25, 0.3) is 0 Å². The molecule has 2 aromatic carbocycles. The maximum absolute atomic E-state index is 13.8. The summed E-state index contributed by atoms with van der Waals surface area (Å²) >= 11 is 2.21. The Hall–Kier alpha value is -4.02. The van der Waals surface area contributed by atoms with Crippen molar-refractivity contribution in [3.05, 3.63) is 105 Å². The lowest BCUT2D eigenvalue weighted by molar-refractivity contribution is -0.122. The normalized spacial score (nSPS) is 20.2. The first-order valence-electron chi connectivity index (χ1n) is 12.0. The quantitative estimate of drug-likeness (QED) is 0.382. The number of imide groups is 1. The molecule has 2 aliphatic rings. The van der Waals surface area contributed by atoms with E-state index in [1.165, 1.54) is 21.2 Å². The van der Waals surface area contributed by atoms with Crippen molar-refractivity contribution in [3.63, 3.8) is 0 Å². The Morgan fingerprint density at radius 3 is 2.45 bits per heavy atom. The number of benzene rings is 2. The van der Waals surface area contributed by atoms with Crippen molar-refractivity contribution in [2.24, 2.45) is 5.92 Å². The lowest BCUT2D eigenvalue weighted by Crippen LogP contribution is -2.33. The maximum Gasteiger partial charge on any atom is 0.308 e. The molecule has 8 nitrogen and oxygen atoms in total. The highest BCUT2D eigenvalue weighted by atomic mass is 32.2. The molecule has 1 fully saturated rings. The van der Waals surface area contributed by atoms with Gasteiger partial charge in [0.25, 0.3) is 0 Å². The fourth-order valence-corrected chi connectivity index (χ4v) is 7.76. The van der Waals surface area contributed by atoms with Crippen molar-refractivity contribution in [2.45, 2.75) is 29.7 Å². The minimum absolute atomic E-state index is 0.201. The van der Waals surface area contributed by atoms with Gasteiger partial charge in [-0.15, -0.1) is 0 Å². The fourth-order valence-electron chi connectivity index (χ4n) is 4.99. The van der Waals surface area contributed by atoms with Crippen molar-refractivity contribution >= 4 is 52.2 Å². The number of hydrogen-bond acceptors (Lipinski definition) is 7. The van der Waals surface area contributed by atoms with Gasteiger partial charge in [0.1, 0.15) is 11.8 Å². The molecule has 2 aliphatic heterocycles. The smallest absolute Gasteiger partial charge is 0.308 e. The Morgan fingerprint density at radius 2 is 1.74 bits per heavy atom. The van der Waals surface area contributed by atoms with Crippen LogP contribution in [0.3, 0.4) is 0 Å². The number of carbonyl (C=O) groups excluding carboxylic acids is 3. The van der Waals surface area contributed by atoms with E-state index in [1.54, 1.807) is 42.7 Å². The van der Waals surface area contributed by atoms with Crippen LogP contribution in [0.15, 0.2) is 88.9 Å². The lowest BCUT2D eigenvalue weighted by atomic mass is 9.84. The molecule has 2 aromatic heterocycles. The number of nitrogens with zero attached hydrogens (tertiary/aromatic N) is 3. The summed E-state index contributed by atoms with van der Waals surface area (Å²) in [6, 6.07) is 19.9. The Labute approximate surface area is 226 Å². The molecule has 3 amide bonds. The first kappa shape index (κ1) is 24.3. The SMILES string of the molecule is Cc1ccc(N2C(=O)C3Sc4c(sc(=O)n4CC(=O)Nc4ccccc4)C(c4cccnc4)C3C2=O)cc1. The maximum atomic E-state index is 13.8. The van der Waals surface area contributed by atoms with Gasteiger partial charge in [0, 0.05) is 28.9 Å². The zero-order chi connectivity index (χ0) is 26.4. The molecule has 4 aromatic rings. The summed E-state index contributed by atoms with van der Waals surface area (Å²) in [6.07, 6.45) is 3.31. The van der Waals surface area contributed by atoms with E-state index in [4.69, 9.17) is 0 Å². The van der Waals surface area contributed by atoms with Crippen LogP contribution >= 0.6 is 23.1 Å². The molecule has 1 N–H and O–H groups in total. The topological polar surface area (TPSA) is 101 Å². The molecular formula is C28H22N4O4S2. The summed E-state index contributed by atoms with van der Waals surface area (Å²) < 4.78 is 1.41. The molecule has 10 heteroatoms. The standard InChI is InChI=1S/C28H22N4O4S2/c1-16-9-11-19(12-10-16)32-25(34)22-21(17-6-5-13-29-14-17)24-27(37-23(22)26(32)35)31(28(36)38-24)15-20(33)30-18-7-3-2-4-8-18/h2-14,21-23H,15H2,1H3,(H,30,33). The highest BCUT2D eigenvalue weighted by Crippen LogP contribution is 2.53. The molecule has 3 unspecified atom stereocenters. The molecular weight excluding hydrogens is 520 g/mol. The van der Waals surface area contributed by atoms with E-state index < -0.39 is 17.1 Å². The number of thiazole rings is 1. The minimum atomic E-state index is -0.737. The van der Waals surface area contributed by atoms with Gasteiger partial charge in [-0.2, -0.15) is 0 Å². The third kappa shape index (κ3) is 4.15. The number of rotatable bonds is 5. The van der Waals surface area contributed by atoms with E-state index in [2.05, 4.69) is 10.3 Å². The van der Waals surface area contributed by atoms with Gasteiger partial charge in [0.05, 0.1) is 16.6 Å². The van der Waals surface area contributed by atoms with Crippen LogP contribution in [0.1, 0.15) is 21.9 Å². The fraction of sp³-hybridized carbons (Fsp3) is 0.179. The number of aryl methyl sites for hydroxylation is 1. The molecule has 0 radical (unpaired) electrons. The second-order valence-electron chi connectivity index (χ2n) is 9.21. The predicted octanol–water partition coefficient (Wildman–Crippen LogP) is 4.05. The summed E-state index contributed by atoms with van der Waals surface area (Å²) in [7, 11) is 0. The number of pyridine rings is 1. The summed E-state index contributed by atoms with van der Waals surface area (Å²) in [5, 5.41) is 2.62. The number of nitrogens with one attached hydrogen (secondary N) is 1. The average molecular weight is 543 g/mol. The van der Waals surface area contributed by atoms with Crippen molar-refractivity contribution in [3.8, 4) is 0 Å². The minimum Gasteiger partial charge on any atom is -0.325 e. The van der Waals surface area contributed by atoms with Gasteiger partial charge in [0.2, 0.25) is 17.7 Å². The summed E-state index contributed by atoms with van der Waals surface area (Å²) in [4.78, 5) is 59.4. The van der Waals surface area contributed by atoms with Crippen molar-refractivity contribution in [2.75, 3.05) is 10.2 Å². The zero-order valence-electron chi connectivity index (χ0n) is 20.2. The number of amides is 3. The molecule has 1 saturated heterocycles. The van der Waals surface area contributed by atoms with Crippen LogP contribution in [0, 0.1) is 12.8 Å². The molecule has 4 heterocycles. The number of thioether (sulfide) groups is 1. The van der Waals surface area contributed by atoms with E-state index in [-0.39, 0.29) is 29.1 Å². The molecule has 0 saturated carbocycles. The molecule has 0 aliphatic carbocycles. The van der Waals surface area contributed by atoms with E-state index in [1.807, 2.05) is 43.3 Å². The van der Waals surface area contributed by atoms with Gasteiger partial charge < -0.3 is 5.32 Å². The predicted molar refractivity (Wildman–Crippen MR) is 147 cm³/mol. The summed E-state index contributed by atoms with van der Waals surface area (Å²) in [5.74, 6) is -2.21. The number of hydrogen-bond donors (Lipinski definition) is 1. The third-order valence-electron chi connectivity index (χ3n) is 6.74. The number of aromatic nitrogens is 2. The Bertz CT molecular complexity index is 1600. The second kappa shape index (κ2) is 9.70. The monoisotopic (exact) mass is 542 g/mol. The van der Waals surface area contributed by atoms with E-state index >= 15 is 0 Å². The van der Waals surface area contributed by atoms with Gasteiger partial charge >= 0.3 is 4.87 Å². The Kier molecular flexibility index (Phi) is 6.21. The van der Waals surface area contributed by atoms with Gasteiger partial charge in [-0.3, -0.25) is 28.7 Å². The largest absolute Gasteiger partial charge is 0.325 e. The summed E-state index contributed by atoms with van der Waals surface area (Å²) in [6.45, 7) is 1.74. The molecule has 190 valence electrons. The van der Waals surface area contributed by atoms with Gasteiger partial charge in [-0.05, 0) is 42.8 Å². The molecule has 3 atom stereocenters. The second-order valence-corrected chi connectivity index (χ2v) is 11.3. The van der Waals surface area contributed by atoms with Crippen LogP contribution in [0.2, 0.25) is 0 Å². The van der Waals surface area contributed by atoms with Crippen LogP contribution in [-0.4, -0.2) is 32.5 Å². The van der Waals surface area contributed by atoms with Gasteiger partial charge in [-0.25, -0.2) is 4.90 Å². The Morgan fingerprint density at radius 1 is 0.974 bits per heavy atom. The van der Waals surface area contributed by atoms with Crippen LogP contribution in [-0.2, 0) is 20.9 Å². The first-order valence-corrected chi connectivity index (χ1v) is 13.7. The third-order valence-corrected chi connectivity index (χ3v) is 9.35. The van der Waals surface area contributed by atoms with E-state index in [0.717, 1.165) is 22.5 Å². The van der Waals surface area contributed by atoms with Crippen molar-refractivity contribution in [1.29, 1.82) is 0 Å². The number of para-hydroxylation sites is 1. The highest BCUT2D eigenvalue weighted by Gasteiger charge is 2.56. The lowest BCUT2D eigenvalue weighted by Gasteiger charge is -2.30. The van der Waals surface area contributed by atoms with Crippen molar-refractivity contribution in [1.82, 2.24) is 9.55 Å². The van der Waals surface area contributed by atoms with E-state index in [9.17, 15) is 19.2 Å².